The van der Waals surface area contributed by atoms with Gasteiger partial charge < -0.3 is 14.6 Å². The molecule has 1 aliphatic carbocycles. The molecule has 0 saturated heterocycles. The molecule has 220 valence electrons. The van der Waals surface area contributed by atoms with Gasteiger partial charge in [-0.05, 0) is 51.9 Å². The van der Waals surface area contributed by atoms with Crippen molar-refractivity contribution in [3.63, 3.8) is 0 Å². The van der Waals surface area contributed by atoms with E-state index in [2.05, 4.69) is 51.6 Å². The first-order valence-corrected chi connectivity index (χ1v) is 18.0. The van der Waals surface area contributed by atoms with Gasteiger partial charge in [-0.2, -0.15) is 0 Å². The summed E-state index contributed by atoms with van der Waals surface area (Å²) in [6, 6.07) is 29.1. The monoisotopic (exact) mass is 592 g/mol. The maximum atomic E-state index is 13.0. The fourth-order valence-corrected chi connectivity index (χ4v) is 12.3. The zero-order valence-corrected chi connectivity index (χ0v) is 26.5. The van der Waals surface area contributed by atoms with E-state index < -0.39 is 29.9 Å². The van der Waals surface area contributed by atoms with Gasteiger partial charge >= 0.3 is 0 Å². The first-order valence-electron chi connectivity index (χ1n) is 14.4. The van der Waals surface area contributed by atoms with Crippen molar-refractivity contribution in [2.24, 2.45) is 11.8 Å². The van der Waals surface area contributed by atoms with Crippen LogP contribution in [-0.4, -0.2) is 51.0 Å². The predicted molar refractivity (Wildman–Crippen MR) is 169 cm³/mol. The fourth-order valence-electron chi connectivity index (χ4n) is 6.33. The van der Waals surface area contributed by atoms with Gasteiger partial charge in [0.25, 0.3) is 8.32 Å². The minimum absolute atomic E-state index is 0.0381. The second kappa shape index (κ2) is 12.4. The molecule has 5 nitrogen and oxygen atoms in total. The molecule has 0 radical (unpaired) electrons. The van der Waals surface area contributed by atoms with E-state index in [0.29, 0.717) is 12.0 Å². The average Bonchev–Trinajstić information content (AvgIpc) is 2.95. The van der Waals surface area contributed by atoms with Crippen LogP contribution in [0.3, 0.4) is 0 Å². The van der Waals surface area contributed by atoms with Crippen LogP contribution in [0.25, 0.3) is 0 Å². The number of hydrogen-bond acceptors (Lipinski definition) is 5. The molecule has 4 atom stereocenters. The highest BCUT2D eigenvalue weighted by atomic mass is 32.2. The molecule has 1 aliphatic rings. The van der Waals surface area contributed by atoms with E-state index in [1.807, 2.05) is 43.3 Å². The van der Waals surface area contributed by atoms with Crippen LogP contribution in [0.5, 0.6) is 0 Å². The Balaban J connectivity index is 1.66. The largest absolute Gasteiger partial charge is 0.407 e. The van der Waals surface area contributed by atoms with Gasteiger partial charge in [0.05, 0.1) is 22.4 Å². The molecule has 0 spiro atoms. The molecule has 0 aliphatic heterocycles. The third-order valence-electron chi connectivity index (χ3n) is 8.81. The molecule has 2 N–H and O–H groups in total. The number of hydrogen-bond donors (Lipinski definition) is 2. The summed E-state index contributed by atoms with van der Waals surface area (Å²) >= 11 is 0. The normalized spacial score (nSPS) is 23.7. The van der Waals surface area contributed by atoms with E-state index in [0.717, 1.165) is 10.4 Å². The number of aliphatic hydroxyl groups is 2. The minimum atomic E-state index is -3.55. The molecule has 0 bridgehead atoms. The molecule has 0 heterocycles. The van der Waals surface area contributed by atoms with Crippen molar-refractivity contribution in [3.8, 4) is 0 Å². The Hall–Kier alpha value is -2.55. The maximum absolute atomic E-state index is 13.0. The molecule has 1 saturated carbocycles. The van der Waals surface area contributed by atoms with Gasteiger partial charge in [-0.25, -0.2) is 8.42 Å². The van der Waals surface area contributed by atoms with Crippen LogP contribution < -0.4 is 10.4 Å². The molecular weight excluding hydrogens is 549 g/mol. The Morgan fingerprint density at radius 1 is 0.951 bits per heavy atom. The molecule has 0 unspecified atom stereocenters. The molecule has 3 aromatic carbocycles. The van der Waals surface area contributed by atoms with E-state index >= 15 is 0 Å². The second-order valence-corrected chi connectivity index (χ2v) is 19.0. The average molecular weight is 593 g/mol. The summed E-state index contributed by atoms with van der Waals surface area (Å²) in [5.74, 6) is -0.551. The lowest BCUT2D eigenvalue weighted by Gasteiger charge is -2.49. The summed E-state index contributed by atoms with van der Waals surface area (Å²) in [6.07, 6.45) is 0.0319. The summed E-state index contributed by atoms with van der Waals surface area (Å²) in [5, 5.41) is 25.1. The lowest BCUT2D eigenvalue weighted by Crippen LogP contribution is -2.67. The summed E-state index contributed by atoms with van der Waals surface area (Å²) in [6.45, 7) is 13.1. The number of aliphatic hydroxyl groups excluding tert-OH is 1. The summed E-state index contributed by atoms with van der Waals surface area (Å²) in [4.78, 5) is 0.253. The Bertz CT molecular complexity index is 1360. The molecule has 3 aromatic rings. The summed E-state index contributed by atoms with van der Waals surface area (Å²) in [7, 11) is -6.41. The molecular formula is C34H44O5SSi. The van der Waals surface area contributed by atoms with Gasteiger partial charge in [0.15, 0.2) is 9.84 Å². The van der Waals surface area contributed by atoms with E-state index in [9.17, 15) is 18.6 Å². The third kappa shape index (κ3) is 6.44. The lowest BCUT2D eigenvalue weighted by atomic mass is 9.67. The van der Waals surface area contributed by atoms with Crippen molar-refractivity contribution < 1.29 is 23.1 Å². The predicted octanol–water partition coefficient (Wildman–Crippen LogP) is 5.12. The standard InChI is InChI=1S/C34H44O5SSi/c1-26-23-28(34(36,24-32(26)35)27(2)21-22-40(37,38)29-15-9-6-10-16-29)25-39-41(33(3,4)5,30-17-11-7-12-18-30)31-19-13-8-14-20-31/h6-20,26,28,32,35-36H,2,21-25H2,1,3-5H3/t26-,28-,32-,34+/m0/s1. The second-order valence-electron chi connectivity index (χ2n) is 12.6. The van der Waals surface area contributed by atoms with Crippen molar-refractivity contribution in [1.82, 2.24) is 0 Å². The topological polar surface area (TPSA) is 83.8 Å². The SMILES string of the molecule is C=C(CCS(=O)(=O)c1ccccc1)[C@]1(O)C[C@H](O)[C@@H](C)C[C@H]1CO[Si](c1ccccc1)(c1ccccc1)C(C)(C)C. The van der Waals surface area contributed by atoms with Gasteiger partial charge in [0.1, 0.15) is 0 Å². The highest BCUT2D eigenvalue weighted by molar-refractivity contribution is 7.91. The summed E-state index contributed by atoms with van der Waals surface area (Å²) < 4.78 is 33.2. The van der Waals surface area contributed by atoms with Crippen LogP contribution in [0, 0.1) is 11.8 Å². The third-order valence-corrected chi connectivity index (χ3v) is 15.6. The first kappa shape index (κ1) is 31.4. The number of rotatable bonds is 10. The molecule has 4 rings (SSSR count). The fraction of sp³-hybridized carbons (Fsp3) is 0.412. The van der Waals surface area contributed by atoms with Crippen LogP contribution in [0.15, 0.2) is 108 Å². The first-order chi connectivity index (χ1) is 19.3. The number of benzene rings is 3. The van der Waals surface area contributed by atoms with Gasteiger partial charge in [0.2, 0.25) is 0 Å². The minimum Gasteiger partial charge on any atom is -0.407 e. The van der Waals surface area contributed by atoms with E-state index in [4.69, 9.17) is 4.43 Å². The maximum Gasteiger partial charge on any atom is 0.261 e. The van der Waals surface area contributed by atoms with Crippen LogP contribution in [0.4, 0.5) is 0 Å². The van der Waals surface area contributed by atoms with Gasteiger partial charge in [-0.3, -0.25) is 0 Å². The molecule has 0 amide bonds. The van der Waals surface area contributed by atoms with Crippen molar-refractivity contribution >= 4 is 28.5 Å². The van der Waals surface area contributed by atoms with Crippen molar-refractivity contribution in [2.45, 2.75) is 68.6 Å². The smallest absolute Gasteiger partial charge is 0.261 e. The molecule has 1 fully saturated rings. The Morgan fingerprint density at radius 2 is 1.44 bits per heavy atom. The van der Waals surface area contributed by atoms with E-state index in [1.54, 1.807) is 30.3 Å². The van der Waals surface area contributed by atoms with Gasteiger partial charge in [-0.15, -0.1) is 0 Å². The van der Waals surface area contributed by atoms with Crippen LogP contribution in [0.1, 0.15) is 47.0 Å². The zero-order valence-electron chi connectivity index (χ0n) is 24.7. The molecule has 0 aromatic heterocycles. The van der Waals surface area contributed by atoms with Crippen molar-refractivity contribution in [2.75, 3.05) is 12.4 Å². The van der Waals surface area contributed by atoms with Crippen LogP contribution in [-0.2, 0) is 14.3 Å². The van der Waals surface area contributed by atoms with Crippen LogP contribution in [0.2, 0.25) is 5.04 Å². The highest BCUT2D eigenvalue weighted by Crippen LogP contribution is 2.44. The number of sulfone groups is 1. The highest BCUT2D eigenvalue weighted by Gasteiger charge is 2.53. The molecule has 7 heteroatoms. The Morgan fingerprint density at radius 3 is 1.93 bits per heavy atom. The van der Waals surface area contributed by atoms with Crippen LogP contribution >= 0.6 is 0 Å². The quantitative estimate of drug-likeness (QED) is 0.252. The Kier molecular flexibility index (Phi) is 9.46. The lowest BCUT2D eigenvalue weighted by molar-refractivity contribution is -0.0963. The van der Waals surface area contributed by atoms with Crippen molar-refractivity contribution in [3.05, 3.63) is 103 Å². The zero-order chi connectivity index (χ0) is 29.9. The van der Waals surface area contributed by atoms with E-state index in [1.165, 1.54) is 0 Å². The summed E-state index contributed by atoms with van der Waals surface area (Å²) in [5.41, 5.74) is -1.03. The Labute approximate surface area is 247 Å². The van der Waals surface area contributed by atoms with Crippen molar-refractivity contribution in [1.29, 1.82) is 0 Å². The molecule has 41 heavy (non-hydrogen) atoms. The van der Waals surface area contributed by atoms with E-state index in [-0.39, 0.29) is 47.0 Å². The van der Waals surface area contributed by atoms with Gasteiger partial charge in [0, 0.05) is 18.9 Å². The van der Waals surface area contributed by atoms with Gasteiger partial charge in [-0.1, -0.05) is 113 Å².